The molecule has 1 aliphatic carbocycles. The largest absolute Gasteiger partial charge is 0.381 e. The third-order valence-corrected chi connectivity index (χ3v) is 6.42. The van der Waals surface area contributed by atoms with E-state index < -0.39 is 0 Å². The maximum absolute atomic E-state index is 5.83. The number of guanidine groups is 1. The van der Waals surface area contributed by atoms with Crippen molar-refractivity contribution in [3.63, 3.8) is 0 Å². The summed E-state index contributed by atoms with van der Waals surface area (Å²) in [5.41, 5.74) is 1.33. The van der Waals surface area contributed by atoms with Crippen LogP contribution in [0.1, 0.15) is 47.7 Å². The van der Waals surface area contributed by atoms with E-state index >= 15 is 0 Å². The first-order valence-electron chi connectivity index (χ1n) is 10.3. The molecule has 0 aromatic carbocycles. The molecule has 0 radical (unpaired) electrons. The van der Waals surface area contributed by atoms with Crippen LogP contribution >= 0.6 is 35.3 Å². The first-order chi connectivity index (χ1) is 13.3. The van der Waals surface area contributed by atoms with E-state index in [1.165, 1.54) is 34.8 Å². The number of aromatic nitrogens is 1. The van der Waals surface area contributed by atoms with E-state index in [2.05, 4.69) is 22.3 Å². The number of ether oxygens (including phenoxy) is 2. The van der Waals surface area contributed by atoms with Crippen molar-refractivity contribution in [3.8, 4) is 0 Å². The second-order valence-corrected chi connectivity index (χ2v) is 8.67. The summed E-state index contributed by atoms with van der Waals surface area (Å²) < 4.78 is 11.2. The van der Waals surface area contributed by atoms with E-state index in [0.29, 0.717) is 5.92 Å². The Labute approximate surface area is 190 Å². The minimum Gasteiger partial charge on any atom is -0.381 e. The van der Waals surface area contributed by atoms with Gasteiger partial charge in [-0.1, -0.05) is 0 Å². The number of thiazole rings is 1. The Morgan fingerprint density at radius 1 is 1.32 bits per heavy atom. The fourth-order valence-electron chi connectivity index (χ4n) is 3.67. The van der Waals surface area contributed by atoms with Gasteiger partial charge in [0.05, 0.1) is 12.2 Å². The number of hydrogen-bond donors (Lipinski definition) is 1. The molecule has 2 aliphatic rings. The van der Waals surface area contributed by atoms with Crippen molar-refractivity contribution < 1.29 is 9.47 Å². The third-order valence-electron chi connectivity index (χ3n) is 5.28. The van der Waals surface area contributed by atoms with Gasteiger partial charge in [0, 0.05) is 51.9 Å². The van der Waals surface area contributed by atoms with E-state index in [-0.39, 0.29) is 24.0 Å². The second-order valence-electron chi connectivity index (χ2n) is 7.50. The Kier molecular flexibility index (Phi) is 11.0. The molecule has 1 aromatic rings. The number of fused-ring (bicyclic) bond motifs is 1. The van der Waals surface area contributed by atoms with Crippen molar-refractivity contribution in [2.24, 2.45) is 10.9 Å². The molecule has 1 fully saturated rings. The van der Waals surface area contributed by atoms with Crippen LogP contribution in [0.15, 0.2) is 4.99 Å². The maximum Gasteiger partial charge on any atom is 0.193 e. The number of nitrogens with zero attached hydrogens (tertiary/aromatic N) is 3. The van der Waals surface area contributed by atoms with Crippen LogP contribution in [-0.4, -0.2) is 62.9 Å². The lowest BCUT2D eigenvalue weighted by atomic mass is 10.0. The van der Waals surface area contributed by atoms with Crippen molar-refractivity contribution in [2.45, 2.75) is 51.5 Å². The summed E-state index contributed by atoms with van der Waals surface area (Å²) >= 11 is 1.88. The highest BCUT2D eigenvalue weighted by atomic mass is 127. The van der Waals surface area contributed by atoms with Crippen LogP contribution in [0.25, 0.3) is 0 Å². The lowest BCUT2D eigenvalue weighted by Gasteiger charge is -2.22. The molecule has 1 saturated heterocycles. The summed E-state index contributed by atoms with van der Waals surface area (Å²) in [6.45, 7) is 5.13. The van der Waals surface area contributed by atoms with Gasteiger partial charge in [0.25, 0.3) is 0 Å². The van der Waals surface area contributed by atoms with Crippen molar-refractivity contribution in [2.75, 3.05) is 47.1 Å². The zero-order valence-corrected chi connectivity index (χ0v) is 20.4. The highest BCUT2D eigenvalue weighted by molar-refractivity contribution is 14.0. The fraction of sp³-hybridized carbons (Fsp3) is 0.800. The number of hydrogen-bond acceptors (Lipinski definition) is 5. The van der Waals surface area contributed by atoms with Gasteiger partial charge in [-0.25, -0.2) is 4.98 Å². The molecule has 0 bridgehead atoms. The molecule has 0 saturated carbocycles. The van der Waals surface area contributed by atoms with Crippen LogP contribution in [0.2, 0.25) is 0 Å². The summed E-state index contributed by atoms with van der Waals surface area (Å²) in [4.78, 5) is 12.9. The summed E-state index contributed by atoms with van der Waals surface area (Å²) in [6, 6.07) is 0. The normalized spacial score (nSPS) is 17.7. The minimum atomic E-state index is 0. The number of halogens is 1. The molecule has 0 atom stereocenters. The first-order valence-corrected chi connectivity index (χ1v) is 11.1. The molecular formula is C20H35IN4O2S. The van der Waals surface area contributed by atoms with E-state index in [4.69, 9.17) is 14.5 Å². The van der Waals surface area contributed by atoms with Crippen LogP contribution in [-0.2, 0) is 28.9 Å². The molecule has 160 valence electrons. The van der Waals surface area contributed by atoms with Gasteiger partial charge in [-0.15, -0.1) is 35.3 Å². The number of aliphatic imine (C=N–C) groups is 1. The highest BCUT2D eigenvalue weighted by Gasteiger charge is 2.17. The molecule has 28 heavy (non-hydrogen) atoms. The molecule has 2 heterocycles. The topological polar surface area (TPSA) is 59.0 Å². The van der Waals surface area contributed by atoms with Crippen molar-refractivity contribution >= 4 is 41.3 Å². The van der Waals surface area contributed by atoms with Crippen LogP contribution < -0.4 is 5.32 Å². The SMILES string of the molecule is CN=C(NCCCOCC1CCOCC1)N(C)Cc1nc2c(s1)CCCC2.I. The zero-order valence-electron chi connectivity index (χ0n) is 17.2. The monoisotopic (exact) mass is 522 g/mol. The van der Waals surface area contributed by atoms with E-state index in [0.717, 1.165) is 71.2 Å². The second kappa shape index (κ2) is 13.0. The summed E-state index contributed by atoms with van der Waals surface area (Å²) in [5.74, 6) is 1.60. The fourth-order valence-corrected chi connectivity index (χ4v) is 4.88. The first kappa shape index (κ1) is 23.8. The lowest BCUT2D eigenvalue weighted by Crippen LogP contribution is -2.39. The van der Waals surface area contributed by atoms with Crippen molar-refractivity contribution in [1.82, 2.24) is 15.2 Å². The van der Waals surface area contributed by atoms with E-state index in [1.54, 1.807) is 0 Å². The van der Waals surface area contributed by atoms with Gasteiger partial charge < -0.3 is 19.7 Å². The smallest absolute Gasteiger partial charge is 0.193 e. The minimum absolute atomic E-state index is 0. The molecule has 3 rings (SSSR count). The predicted molar refractivity (Wildman–Crippen MR) is 126 cm³/mol. The average molecular weight is 522 g/mol. The Bertz CT molecular complexity index is 582. The van der Waals surface area contributed by atoms with Crippen molar-refractivity contribution in [1.29, 1.82) is 0 Å². The lowest BCUT2D eigenvalue weighted by molar-refractivity contribution is 0.0203. The van der Waals surface area contributed by atoms with Gasteiger partial charge in [0.15, 0.2) is 5.96 Å². The Hall–Kier alpha value is -0.450. The van der Waals surface area contributed by atoms with E-state index in [1.807, 2.05) is 18.4 Å². The molecule has 6 nitrogen and oxygen atoms in total. The molecule has 0 amide bonds. The average Bonchev–Trinajstić information content (AvgIpc) is 3.10. The molecule has 1 aliphatic heterocycles. The molecule has 0 unspecified atom stereocenters. The maximum atomic E-state index is 5.83. The summed E-state index contributed by atoms with van der Waals surface area (Å²) in [6.07, 6.45) is 8.21. The van der Waals surface area contributed by atoms with Gasteiger partial charge >= 0.3 is 0 Å². The molecule has 1 aromatic heterocycles. The zero-order chi connectivity index (χ0) is 18.9. The summed E-state index contributed by atoms with van der Waals surface area (Å²) in [5, 5.41) is 4.64. The van der Waals surface area contributed by atoms with E-state index in [9.17, 15) is 0 Å². The van der Waals surface area contributed by atoms with Crippen molar-refractivity contribution in [3.05, 3.63) is 15.6 Å². The number of rotatable bonds is 8. The third kappa shape index (κ3) is 7.42. The molecule has 1 N–H and O–H groups in total. The van der Waals surface area contributed by atoms with Crippen LogP contribution in [0.3, 0.4) is 0 Å². The van der Waals surface area contributed by atoms with Gasteiger partial charge in [0.1, 0.15) is 5.01 Å². The Morgan fingerprint density at radius 3 is 2.86 bits per heavy atom. The Morgan fingerprint density at radius 2 is 2.11 bits per heavy atom. The van der Waals surface area contributed by atoms with Gasteiger partial charge in [-0.3, -0.25) is 4.99 Å². The van der Waals surface area contributed by atoms with Crippen LogP contribution in [0.5, 0.6) is 0 Å². The standard InChI is InChI=1S/C20H34N4O2S.HI/c1-21-20(22-10-5-11-26-15-16-8-12-25-13-9-16)24(2)14-19-23-17-6-3-4-7-18(17)27-19;/h16H,3-15H2,1-2H3,(H,21,22);1H. The predicted octanol–water partition coefficient (Wildman–Crippen LogP) is 3.48. The molecule has 8 heteroatoms. The Balaban J connectivity index is 0.00000280. The van der Waals surface area contributed by atoms with Gasteiger partial charge in [-0.2, -0.15) is 0 Å². The molecule has 0 spiro atoms. The van der Waals surface area contributed by atoms with Gasteiger partial charge in [-0.05, 0) is 50.9 Å². The quantitative estimate of drug-likeness (QED) is 0.245. The number of nitrogens with one attached hydrogen (secondary N) is 1. The number of aryl methyl sites for hydroxylation is 2. The van der Waals surface area contributed by atoms with Crippen LogP contribution in [0.4, 0.5) is 0 Å². The van der Waals surface area contributed by atoms with Gasteiger partial charge in [0.2, 0.25) is 0 Å². The highest BCUT2D eigenvalue weighted by Crippen LogP contribution is 2.27. The van der Waals surface area contributed by atoms with Crippen LogP contribution in [0, 0.1) is 5.92 Å². The summed E-state index contributed by atoms with van der Waals surface area (Å²) in [7, 11) is 3.92. The molecular weight excluding hydrogens is 487 g/mol.